The lowest BCUT2D eigenvalue weighted by atomic mass is 10.0. The first-order chi connectivity index (χ1) is 9.60. The van der Waals surface area contributed by atoms with E-state index in [4.69, 9.17) is 10.5 Å². The first-order valence-corrected chi connectivity index (χ1v) is 7.14. The van der Waals surface area contributed by atoms with Crippen LogP contribution in [0.15, 0.2) is 18.2 Å². The normalized spacial score (nSPS) is 19.2. The van der Waals surface area contributed by atoms with Gasteiger partial charge < -0.3 is 15.4 Å². The molecule has 1 fully saturated rings. The van der Waals surface area contributed by atoms with E-state index >= 15 is 0 Å². The molecule has 0 spiro atoms. The van der Waals surface area contributed by atoms with Crippen LogP contribution in [0.5, 0.6) is 0 Å². The zero-order valence-electron chi connectivity index (χ0n) is 11.8. The Balaban J connectivity index is 1.89. The fourth-order valence-electron chi connectivity index (χ4n) is 2.67. The molecule has 5 heteroatoms. The van der Waals surface area contributed by atoms with Crippen LogP contribution in [0.3, 0.4) is 0 Å². The predicted octanol–water partition coefficient (Wildman–Crippen LogP) is 2.47. The zero-order valence-corrected chi connectivity index (χ0v) is 11.8. The van der Waals surface area contributed by atoms with Crippen LogP contribution in [-0.4, -0.2) is 37.2 Å². The molecule has 112 valence electrons. The molecule has 20 heavy (non-hydrogen) atoms. The van der Waals surface area contributed by atoms with E-state index in [1.54, 1.807) is 0 Å². The highest BCUT2D eigenvalue weighted by Gasteiger charge is 2.22. The zero-order chi connectivity index (χ0) is 14.5. The van der Waals surface area contributed by atoms with Crippen molar-refractivity contribution in [3.8, 4) is 0 Å². The lowest BCUT2D eigenvalue weighted by Crippen LogP contribution is -2.40. The summed E-state index contributed by atoms with van der Waals surface area (Å²) in [4.78, 5) is 2.19. The van der Waals surface area contributed by atoms with Crippen LogP contribution in [0.2, 0.25) is 0 Å². The molecular weight excluding hydrogens is 262 g/mol. The summed E-state index contributed by atoms with van der Waals surface area (Å²) in [5.41, 5.74) is 6.26. The molecule has 1 aromatic rings. The largest absolute Gasteiger partial charge is 0.378 e. The van der Waals surface area contributed by atoms with Crippen molar-refractivity contribution in [3.05, 3.63) is 35.4 Å². The highest BCUT2D eigenvalue weighted by atomic mass is 19.1. The third kappa shape index (κ3) is 3.98. The van der Waals surface area contributed by atoms with Crippen molar-refractivity contribution in [1.29, 1.82) is 0 Å². The standard InChI is InChI=1S/C15H22F2N2O/c1-2-20-12-5-7-19(8-6-12)10-15(18)13-9-11(16)3-4-14(13)17/h3-4,9,12,15H,2,5-8,10,18H2,1H3. The van der Waals surface area contributed by atoms with E-state index in [0.717, 1.165) is 44.7 Å². The van der Waals surface area contributed by atoms with Crippen molar-refractivity contribution in [2.45, 2.75) is 31.9 Å². The van der Waals surface area contributed by atoms with Gasteiger partial charge in [0.2, 0.25) is 0 Å². The smallest absolute Gasteiger partial charge is 0.128 e. The molecule has 1 aromatic carbocycles. The van der Waals surface area contributed by atoms with E-state index in [1.165, 1.54) is 6.07 Å². The Morgan fingerprint density at radius 2 is 2.05 bits per heavy atom. The number of hydrogen-bond acceptors (Lipinski definition) is 3. The summed E-state index contributed by atoms with van der Waals surface area (Å²) >= 11 is 0. The van der Waals surface area contributed by atoms with E-state index in [9.17, 15) is 8.78 Å². The van der Waals surface area contributed by atoms with E-state index in [1.807, 2.05) is 6.92 Å². The molecule has 1 atom stereocenters. The van der Waals surface area contributed by atoms with E-state index < -0.39 is 17.7 Å². The second-order valence-electron chi connectivity index (χ2n) is 5.23. The predicted molar refractivity (Wildman–Crippen MR) is 74.4 cm³/mol. The number of likely N-dealkylation sites (tertiary alicyclic amines) is 1. The molecule has 2 N–H and O–H groups in total. The maximum atomic E-state index is 13.7. The molecule has 1 aliphatic rings. The monoisotopic (exact) mass is 284 g/mol. The van der Waals surface area contributed by atoms with Crippen molar-refractivity contribution in [1.82, 2.24) is 4.90 Å². The molecule has 1 saturated heterocycles. The lowest BCUT2D eigenvalue weighted by Gasteiger charge is -2.33. The summed E-state index contributed by atoms with van der Waals surface area (Å²) < 4.78 is 32.4. The first-order valence-electron chi connectivity index (χ1n) is 7.14. The molecule has 0 aromatic heterocycles. The van der Waals surface area contributed by atoms with Crippen molar-refractivity contribution >= 4 is 0 Å². The minimum atomic E-state index is -0.505. The van der Waals surface area contributed by atoms with Crippen LogP contribution in [-0.2, 0) is 4.74 Å². The summed E-state index contributed by atoms with van der Waals surface area (Å²) in [6, 6.07) is 2.92. The van der Waals surface area contributed by atoms with Gasteiger partial charge in [-0.1, -0.05) is 0 Å². The van der Waals surface area contributed by atoms with Crippen molar-refractivity contribution in [3.63, 3.8) is 0 Å². The second kappa shape index (κ2) is 7.11. The Labute approximate surface area is 118 Å². The second-order valence-corrected chi connectivity index (χ2v) is 5.23. The van der Waals surface area contributed by atoms with E-state index in [-0.39, 0.29) is 5.56 Å². The van der Waals surface area contributed by atoms with Gasteiger partial charge in [-0.25, -0.2) is 8.78 Å². The van der Waals surface area contributed by atoms with Crippen LogP contribution in [0.4, 0.5) is 8.78 Å². The maximum Gasteiger partial charge on any atom is 0.128 e. The molecule has 3 nitrogen and oxygen atoms in total. The average Bonchev–Trinajstić information content (AvgIpc) is 2.44. The highest BCUT2D eigenvalue weighted by Crippen LogP contribution is 2.20. The van der Waals surface area contributed by atoms with Gasteiger partial charge in [-0.3, -0.25) is 0 Å². The molecule has 0 amide bonds. The van der Waals surface area contributed by atoms with Gasteiger partial charge in [0.25, 0.3) is 0 Å². The number of nitrogens with zero attached hydrogens (tertiary/aromatic N) is 1. The molecule has 1 unspecified atom stereocenters. The van der Waals surface area contributed by atoms with Crippen LogP contribution in [0.25, 0.3) is 0 Å². The molecule has 0 bridgehead atoms. The maximum absolute atomic E-state index is 13.7. The first kappa shape index (κ1) is 15.4. The van der Waals surface area contributed by atoms with E-state index in [0.29, 0.717) is 12.6 Å². The fraction of sp³-hybridized carbons (Fsp3) is 0.600. The van der Waals surface area contributed by atoms with Gasteiger partial charge in [0, 0.05) is 37.8 Å². The van der Waals surface area contributed by atoms with Gasteiger partial charge in [0.05, 0.1) is 6.10 Å². The average molecular weight is 284 g/mol. The Bertz CT molecular complexity index is 434. The Morgan fingerprint density at radius 3 is 2.70 bits per heavy atom. The molecule has 1 aliphatic heterocycles. The summed E-state index contributed by atoms with van der Waals surface area (Å²) in [5, 5.41) is 0. The van der Waals surface area contributed by atoms with Gasteiger partial charge >= 0.3 is 0 Å². The summed E-state index contributed by atoms with van der Waals surface area (Å²) in [6.07, 6.45) is 2.25. The number of halogens is 2. The summed E-state index contributed by atoms with van der Waals surface area (Å²) in [7, 11) is 0. The molecule has 1 heterocycles. The van der Waals surface area contributed by atoms with E-state index in [2.05, 4.69) is 4.90 Å². The van der Waals surface area contributed by atoms with Gasteiger partial charge in [-0.2, -0.15) is 0 Å². The molecule has 2 rings (SSSR count). The third-order valence-electron chi connectivity index (χ3n) is 3.75. The van der Waals surface area contributed by atoms with Gasteiger partial charge in [-0.05, 0) is 38.0 Å². The molecular formula is C15H22F2N2O. The minimum Gasteiger partial charge on any atom is -0.378 e. The fourth-order valence-corrected chi connectivity index (χ4v) is 2.67. The number of nitrogens with two attached hydrogens (primary N) is 1. The van der Waals surface area contributed by atoms with Gasteiger partial charge in [-0.15, -0.1) is 0 Å². The number of benzene rings is 1. The van der Waals surface area contributed by atoms with Crippen LogP contribution in [0, 0.1) is 11.6 Å². The molecule has 0 aliphatic carbocycles. The minimum absolute atomic E-state index is 0.247. The molecule has 0 radical (unpaired) electrons. The number of ether oxygens (including phenoxy) is 1. The Hall–Kier alpha value is -1.04. The van der Waals surface area contributed by atoms with Crippen LogP contribution in [0.1, 0.15) is 31.4 Å². The third-order valence-corrected chi connectivity index (χ3v) is 3.75. The summed E-state index contributed by atoms with van der Waals surface area (Å²) in [6.45, 7) is 5.04. The van der Waals surface area contributed by atoms with Gasteiger partial charge in [0.1, 0.15) is 11.6 Å². The van der Waals surface area contributed by atoms with Crippen LogP contribution < -0.4 is 5.73 Å². The lowest BCUT2D eigenvalue weighted by molar-refractivity contribution is 0.0130. The number of rotatable bonds is 5. The van der Waals surface area contributed by atoms with Crippen LogP contribution >= 0.6 is 0 Å². The Kier molecular flexibility index (Phi) is 5.46. The Morgan fingerprint density at radius 1 is 1.35 bits per heavy atom. The number of piperidine rings is 1. The summed E-state index contributed by atoms with van der Waals surface area (Å²) in [5.74, 6) is -0.894. The number of hydrogen-bond donors (Lipinski definition) is 1. The van der Waals surface area contributed by atoms with Crippen molar-refractivity contribution in [2.75, 3.05) is 26.2 Å². The van der Waals surface area contributed by atoms with Crippen molar-refractivity contribution < 1.29 is 13.5 Å². The molecule has 0 saturated carbocycles. The highest BCUT2D eigenvalue weighted by molar-refractivity contribution is 5.22. The quantitative estimate of drug-likeness (QED) is 0.902. The van der Waals surface area contributed by atoms with Gasteiger partial charge in [0.15, 0.2) is 0 Å². The topological polar surface area (TPSA) is 38.5 Å². The SMILES string of the molecule is CCOC1CCN(CC(N)c2cc(F)ccc2F)CC1. The van der Waals surface area contributed by atoms with Crippen molar-refractivity contribution in [2.24, 2.45) is 5.73 Å².